The Balaban J connectivity index is 1.54. The Morgan fingerprint density at radius 1 is 0.867 bits per heavy atom. The smallest absolute Gasteiger partial charge is 0.258 e. The van der Waals surface area contributed by atoms with Crippen molar-refractivity contribution in [3.8, 4) is 22.4 Å². The molecule has 7 nitrogen and oxygen atoms in total. The lowest BCUT2D eigenvalue weighted by Gasteiger charge is -2.07. The van der Waals surface area contributed by atoms with E-state index in [1.54, 1.807) is 41.8 Å². The average Bonchev–Trinajstić information content (AvgIpc) is 3.22. The molecule has 0 aliphatic rings. The molecule has 0 spiro atoms. The van der Waals surface area contributed by atoms with Gasteiger partial charge in [-0.3, -0.25) is 14.8 Å². The molecule has 1 N–H and O–H groups in total. The molecule has 0 amide bonds. The summed E-state index contributed by atoms with van der Waals surface area (Å²) in [6.07, 6.45) is 0. The summed E-state index contributed by atoms with van der Waals surface area (Å²) in [7, 11) is -3.81. The molecule has 9 heteroatoms. The second-order valence-corrected chi connectivity index (χ2v) is 8.88. The Kier molecular flexibility index (Phi) is 5.30. The van der Waals surface area contributed by atoms with Crippen LogP contribution in [-0.2, 0) is 10.0 Å². The van der Waals surface area contributed by atoms with Crippen molar-refractivity contribution in [2.75, 3.05) is 4.72 Å². The molecule has 0 saturated carbocycles. The first-order valence-corrected chi connectivity index (χ1v) is 11.2. The van der Waals surface area contributed by atoms with Gasteiger partial charge in [0, 0.05) is 23.1 Å². The number of rotatable bonds is 6. The van der Waals surface area contributed by atoms with E-state index in [0.29, 0.717) is 11.3 Å². The fourth-order valence-corrected chi connectivity index (χ4v) is 4.84. The van der Waals surface area contributed by atoms with Gasteiger partial charge < -0.3 is 0 Å². The highest BCUT2D eigenvalue weighted by Gasteiger charge is 2.17. The predicted octanol–water partition coefficient (Wildman–Crippen LogP) is 5.19. The Morgan fingerprint density at radius 3 is 2.23 bits per heavy atom. The monoisotopic (exact) mass is 437 g/mol. The third-order valence-corrected chi connectivity index (χ3v) is 6.59. The molecular weight excluding hydrogens is 422 g/mol. The van der Waals surface area contributed by atoms with E-state index in [0.717, 1.165) is 22.5 Å². The second kappa shape index (κ2) is 8.05. The molecular formula is C21H15N3O4S2. The fraction of sp³-hybridized carbons (Fsp3) is 0. The van der Waals surface area contributed by atoms with Crippen molar-refractivity contribution in [1.82, 2.24) is 4.98 Å². The first-order chi connectivity index (χ1) is 14.4. The molecule has 0 atom stereocenters. The van der Waals surface area contributed by atoms with Crippen LogP contribution < -0.4 is 4.72 Å². The minimum Gasteiger partial charge on any atom is -0.258 e. The molecule has 0 unspecified atom stereocenters. The quantitative estimate of drug-likeness (QED) is 0.330. The number of sulfonamides is 1. The molecule has 30 heavy (non-hydrogen) atoms. The first kappa shape index (κ1) is 19.7. The number of nitrogens with zero attached hydrogens (tertiary/aromatic N) is 2. The van der Waals surface area contributed by atoms with Gasteiger partial charge in [0.2, 0.25) is 0 Å². The van der Waals surface area contributed by atoms with E-state index in [2.05, 4.69) is 9.71 Å². The van der Waals surface area contributed by atoms with Gasteiger partial charge in [0.15, 0.2) is 5.13 Å². The molecule has 1 heterocycles. The number of aromatic nitrogens is 1. The summed E-state index contributed by atoms with van der Waals surface area (Å²) in [6.45, 7) is 0. The van der Waals surface area contributed by atoms with Gasteiger partial charge in [-0.25, -0.2) is 13.4 Å². The van der Waals surface area contributed by atoms with Gasteiger partial charge in [0.05, 0.1) is 15.5 Å². The summed E-state index contributed by atoms with van der Waals surface area (Å²) in [5, 5.41) is 12.8. The van der Waals surface area contributed by atoms with Gasteiger partial charge in [-0.1, -0.05) is 54.6 Å². The maximum absolute atomic E-state index is 12.7. The number of benzene rings is 3. The first-order valence-electron chi connectivity index (χ1n) is 8.81. The fourth-order valence-electron chi connectivity index (χ4n) is 2.86. The summed E-state index contributed by atoms with van der Waals surface area (Å²) < 4.78 is 27.9. The number of anilines is 1. The van der Waals surface area contributed by atoms with Crippen molar-refractivity contribution < 1.29 is 13.3 Å². The highest BCUT2D eigenvalue weighted by molar-refractivity contribution is 7.93. The SMILES string of the molecule is O=[N+]([O-])c1cccc(-c2csc(NS(=O)(=O)c3ccc(-c4ccccc4)cc3)n2)c1. The largest absolute Gasteiger partial charge is 0.270 e. The molecule has 0 radical (unpaired) electrons. The Labute approximate surface area is 176 Å². The highest BCUT2D eigenvalue weighted by Crippen LogP contribution is 2.29. The maximum Gasteiger partial charge on any atom is 0.270 e. The summed E-state index contributed by atoms with van der Waals surface area (Å²) >= 11 is 1.11. The summed E-state index contributed by atoms with van der Waals surface area (Å²) in [6, 6.07) is 22.3. The number of non-ortho nitro benzene ring substituents is 1. The van der Waals surface area contributed by atoms with Crippen LogP contribution in [0.2, 0.25) is 0 Å². The van der Waals surface area contributed by atoms with Crippen LogP contribution >= 0.6 is 11.3 Å². The zero-order valence-electron chi connectivity index (χ0n) is 15.4. The number of thiazole rings is 1. The lowest BCUT2D eigenvalue weighted by atomic mass is 10.1. The van der Waals surface area contributed by atoms with Crippen molar-refractivity contribution in [1.29, 1.82) is 0 Å². The molecule has 0 aliphatic carbocycles. The molecule has 4 aromatic rings. The number of hydrogen-bond acceptors (Lipinski definition) is 6. The van der Waals surface area contributed by atoms with Crippen molar-refractivity contribution in [3.05, 3.63) is 94.4 Å². The van der Waals surface area contributed by atoms with Gasteiger partial charge in [-0.15, -0.1) is 11.3 Å². The number of nitro benzene ring substituents is 1. The van der Waals surface area contributed by atoms with E-state index in [-0.39, 0.29) is 15.7 Å². The minimum absolute atomic E-state index is 0.0545. The molecule has 4 rings (SSSR count). The molecule has 0 fully saturated rings. The average molecular weight is 438 g/mol. The third kappa shape index (κ3) is 4.22. The Bertz CT molecular complexity index is 1300. The van der Waals surface area contributed by atoms with Crippen molar-refractivity contribution in [2.45, 2.75) is 4.90 Å². The predicted molar refractivity (Wildman–Crippen MR) is 117 cm³/mol. The van der Waals surface area contributed by atoms with Crippen LogP contribution in [0.1, 0.15) is 0 Å². The summed E-state index contributed by atoms with van der Waals surface area (Å²) in [5.74, 6) is 0. The van der Waals surface area contributed by atoms with Crippen LogP contribution in [0, 0.1) is 10.1 Å². The zero-order chi connectivity index (χ0) is 21.1. The van der Waals surface area contributed by atoms with E-state index in [1.165, 1.54) is 12.1 Å². The van der Waals surface area contributed by atoms with Crippen LogP contribution in [0.5, 0.6) is 0 Å². The summed E-state index contributed by atoms with van der Waals surface area (Å²) in [4.78, 5) is 14.8. The topological polar surface area (TPSA) is 102 Å². The Morgan fingerprint density at radius 2 is 1.53 bits per heavy atom. The standard InChI is InChI=1S/C21H15N3O4S2/c25-24(26)18-8-4-7-17(13-18)20-14-29-21(22-20)23-30(27,28)19-11-9-16(10-12-19)15-5-2-1-3-6-15/h1-14H,(H,22,23). The molecule has 150 valence electrons. The molecule has 1 aromatic heterocycles. The van der Waals surface area contributed by atoms with Crippen LogP contribution in [0.3, 0.4) is 0 Å². The van der Waals surface area contributed by atoms with Gasteiger partial charge >= 0.3 is 0 Å². The number of nitrogens with one attached hydrogen (secondary N) is 1. The number of hydrogen-bond donors (Lipinski definition) is 1. The van der Waals surface area contributed by atoms with E-state index in [1.807, 2.05) is 30.3 Å². The third-order valence-electron chi connectivity index (χ3n) is 4.35. The normalized spacial score (nSPS) is 11.2. The molecule has 3 aromatic carbocycles. The van der Waals surface area contributed by atoms with Gasteiger partial charge in [0.25, 0.3) is 15.7 Å². The van der Waals surface area contributed by atoms with Crippen molar-refractivity contribution in [2.24, 2.45) is 0 Å². The van der Waals surface area contributed by atoms with Gasteiger partial charge in [-0.05, 0) is 23.3 Å². The van der Waals surface area contributed by atoms with Crippen LogP contribution in [0.25, 0.3) is 22.4 Å². The van der Waals surface area contributed by atoms with Crippen LogP contribution in [0.4, 0.5) is 10.8 Å². The van der Waals surface area contributed by atoms with E-state index >= 15 is 0 Å². The van der Waals surface area contributed by atoms with E-state index < -0.39 is 14.9 Å². The van der Waals surface area contributed by atoms with Crippen LogP contribution in [-0.4, -0.2) is 18.3 Å². The summed E-state index contributed by atoms with van der Waals surface area (Å²) in [5.41, 5.74) is 2.85. The van der Waals surface area contributed by atoms with Crippen molar-refractivity contribution in [3.63, 3.8) is 0 Å². The minimum atomic E-state index is -3.81. The molecule has 0 bridgehead atoms. The van der Waals surface area contributed by atoms with Gasteiger partial charge in [0.1, 0.15) is 0 Å². The van der Waals surface area contributed by atoms with Crippen molar-refractivity contribution >= 4 is 32.2 Å². The maximum atomic E-state index is 12.7. The molecule has 0 aliphatic heterocycles. The molecule has 0 saturated heterocycles. The zero-order valence-corrected chi connectivity index (χ0v) is 17.1. The van der Waals surface area contributed by atoms with Crippen LogP contribution in [0.15, 0.2) is 89.1 Å². The van der Waals surface area contributed by atoms with E-state index in [9.17, 15) is 18.5 Å². The lowest BCUT2D eigenvalue weighted by molar-refractivity contribution is -0.384. The van der Waals surface area contributed by atoms with Gasteiger partial charge in [-0.2, -0.15) is 0 Å². The Hall–Kier alpha value is -3.56. The van der Waals surface area contributed by atoms with E-state index in [4.69, 9.17) is 0 Å². The highest BCUT2D eigenvalue weighted by atomic mass is 32.2. The second-order valence-electron chi connectivity index (χ2n) is 6.34. The lowest BCUT2D eigenvalue weighted by Crippen LogP contribution is -2.12. The number of nitro groups is 1.